The Kier molecular flexibility index (Phi) is 4.12. The minimum Gasteiger partial charge on any atom is -0.478 e. The maximum absolute atomic E-state index is 11.4. The first-order valence-corrected chi connectivity index (χ1v) is 9.71. The number of fused-ring (bicyclic) bond motifs is 3. The Morgan fingerprint density at radius 3 is 2.62 bits per heavy atom. The molecule has 0 bridgehead atoms. The van der Waals surface area contributed by atoms with Gasteiger partial charge in [0.15, 0.2) is 5.82 Å². The van der Waals surface area contributed by atoms with Crippen molar-refractivity contribution in [3.05, 3.63) is 66.1 Å². The van der Waals surface area contributed by atoms with E-state index in [1.54, 1.807) is 18.2 Å². The highest BCUT2D eigenvalue weighted by Gasteiger charge is 2.24. The Morgan fingerprint density at radius 1 is 1.10 bits per heavy atom. The van der Waals surface area contributed by atoms with Crippen LogP contribution in [0, 0.1) is 5.92 Å². The third-order valence-electron chi connectivity index (χ3n) is 5.44. The number of para-hydroxylation sites is 1. The van der Waals surface area contributed by atoms with Gasteiger partial charge in [-0.15, -0.1) is 0 Å². The molecule has 4 aromatic rings. The molecule has 2 aromatic carbocycles. The highest BCUT2D eigenvalue weighted by atomic mass is 16.4. The SMILES string of the molecule is CN(c1ccccc1)c1nc2cc(C(=O)O)ccc2c2cnc(CC3CC3)nc12. The topological polar surface area (TPSA) is 79.2 Å². The Bertz CT molecular complexity index is 1240. The molecule has 0 spiro atoms. The van der Waals surface area contributed by atoms with Gasteiger partial charge in [-0.2, -0.15) is 0 Å². The summed E-state index contributed by atoms with van der Waals surface area (Å²) in [6.07, 6.45) is 5.23. The molecule has 1 fully saturated rings. The molecule has 1 aliphatic rings. The van der Waals surface area contributed by atoms with Gasteiger partial charge < -0.3 is 10.0 Å². The van der Waals surface area contributed by atoms with E-state index in [1.807, 2.05) is 48.5 Å². The largest absolute Gasteiger partial charge is 0.478 e. The third-order valence-corrected chi connectivity index (χ3v) is 5.44. The summed E-state index contributed by atoms with van der Waals surface area (Å²) in [6, 6.07) is 15.0. The monoisotopic (exact) mass is 384 g/mol. The summed E-state index contributed by atoms with van der Waals surface area (Å²) in [6.45, 7) is 0. The van der Waals surface area contributed by atoms with E-state index < -0.39 is 5.97 Å². The predicted molar refractivity (Wildman–Crippen MR) is 113 cm³/mol. The fourth-order valence-corrected chi connectivity index (χ4v) is 3.62. The van der Waals surface area contributed by atoms with Crippen molar-refractivity contribution in [1.29, 1.82) is 0 Å². The summed E-state index contributed by atoms with van der Waals surface area (Å²) in [5.74, 6) is 1.25. The summed E-state index contributed by atoms with van der Waals surface area (Å²) < 4.78 is 0. The van der Waals surface area contributed by atoms with Gasteiger partial charge in [0, 0.05) is 36.1 Å². The quantitative estimate of drug-likeness (QED) is 0.507. The van der Waals surface area contributed by atoms with E-state index >= 15 is 0 Å². The van der Waals surface area contributed by atoms with Gasteiger partial charge in [0.05, 0.1) is 11.1 Å². The number of carboxylic acids is 1. The zero-order valence-corrected chi connectivity index (χ0v) is 16.0. The number of aromatic carboxylic acids is 1. The summed E-state index contributed by atoms with van der Waals surface area (Å²) in [7, 11) is 1.95. The Balaban J connectivity index is 1.76. The number of hydrogen-bond donors (Lipinski definition) is 1. The van der Waals surface area contributed by atoms with Crippen LogP contribution in [0.5, 0.6) is 0 Å². The second-order valence-electron chi connectivity index (χ2n) is 7.56. The molecule has 0 aliphatic heterocycles. The first kappa shape index (κ1) is 17.6. The van der Waals surface area contributed by atoms with Crippen molar-refractivity contribution in [2.45, 2.75) is 19.3 Å². The first-order valence-electron chi connectivity index (χ1n) is 9.71. The van der Waals surface area contributed by atoms with Gasteiger partial charge in [0.1, 0.15) is 11.3 Å². The van der Waals surface area contributed by atoms with Gasteiger partial charge in [-0.25, -0.2) is 19.7 Å². The minimum atomic E-state index is -0.970. The molecule has 0 unspecified atom stereocenters. The maximum atomic E-state index is 11.4. The maximum Gasteiger partial charge on any atom is 0.335 e. The van der Waals surface area contributed by atoms with Crippen LogP contribution in [0.4, 0.5) is 11.5 Å². The van der Waals surface area contributed by atoms with Crippen molar-refractivity contribution in [3.8, 4) is 0 Å². The Morgan fingerprint density at radius 2 is 1.90 bits per heavy atom. The van der Waals surface area contributed by atoms with Gasteiger partial charge in [-0.3, -0.25) is 0 Å². The van der Waals surface area contributed by atoms with Gasteiger partial charge in [0.25, 0.3) is 0 Å². The smallest absolute Gasteiger partial charge is 0.335 e. The number of pyridine rings is 1. The molecule has 6 nitrogen and oxygen atoms in total. The fraction of sp³-hybridized carbons (Fsp3) is 0.217. The average molecular weight is 384 g/mol. The van der Waals surface area contributed by atoms with Gasteiger partial charge >= 0.3 is 5.97 Å². The second kappa shape index (κ2) is 6.81. The molecule has 29 heavy (non-hydrogen) atoms. The summed E-state index contributed by atoms with van der Waals surface area (Å²) in [4.78, 5) is 27.7. The zero-order valence-electron chi connectivity index (χ0n) is 16.0. The van der Waals surface area contributed by atoms with Crippen molar-refractivity contribution in [1.82, 2.24) is 15.0 Å². The van der Waals surface area contributed by atoms with Crippen LogP contribution in [0.25, 0.3) is 21.8 Å². The molecule has 0 radical (unpaired) electrons. The van der Waals surface area contributed by atoms with E-state index in [-0.39, 0.29) is 5.56 Å². The molecule has 1 aliphatic carbocycles. The number of benzene rings is 2. The molecular weight excluding hydrogens is 364 g/mol. The van der Waals surface area contributed by atoms with Crippen LogP contribution in [0.15, 0.2) is 54.7 Å². The Hall–Kier alpha value is -3.54. The van der Waals surface area contributed by atoms with Crippen LogP contribution >= 0.6 is 0 Å². The number of carboxylic acid groups (broad SMARTS) is 1. The van der Waals surface area contributed by atoms with Crippen LogP contribution in [-0.2, 0) is 6.42 Å². The summed E-state index contributed by atoms with van der Waals surface area (Å²) in [5.41, 5.74) is 2.60. The van der Waals surface area contributed by atoms with Crippen LogP contribution in [0.2, 0.25) is 0 Å². The van der Waals surface area contributed by atoms with Crippen LogP contribution < -0.4 is 4.90 Å². The Labute approximate surface area is 167 Å². The summed E-state index contributed by atoms with van der Waals surface area (Å²) in [5, 5.41) is 11.1. The fourth-order valence-electron chi connectivity index (χ4n) is 3.62. The van der Waals surface area contributed by atoms with E-state index in [0.717, 1.165) is 34.2 Å². The van der Waals surface area contributed by atoms with E-state index in [4.69, 9.17) is 9.97 Å². The lowest BCUT2D eigenvalue weighted by Gasteiger charge is -2.21. The second-order valence-corrected chi connectivity index (χ2v) is 7.56. The van der Waals surface area contributed by atoms with E-state index in [1.165, 1.54) is 12.8 Å². The van der Waals surface area contributed by atoms with Crippen molar-refractivity contribution in [2.75, 3.05) is 11.9 Å². The molecule has 0 saturated heterocycles. The molecule has 1 N–H and O–H groups in total. The summed E-state index contributed by atoms with van der Waals surface area (Å²) >= 11 is 0. The molecule has 2 aromatic heterocycles. The number of anilines is 2. The highest BCUT2D eigenvalue weighted by Crippen LogP contribution is 2.35. The lowest BCUT2D eigenvalue weighted by Crippen LogP contribution is -2.13. The number of hydrogen-bond acceptors (Lipinski definition) is 5. The standard InChI is InChI=1S/C23H20N4O2/c1-27(16-5-3-2-4-6-16)22-21-18(13-24-20(26-21)11-14-7-8-14)17-10-9-15(23(28)29)12-19(17)25-22/h2-6,9-10,12-14H,7-8,11H2,1H3,(H,28,29). The molecule has 2 heterocycles. The lowest BCUT2D eigenvalue weighted by atomic mass is 10.1. The average Bonchev–Trinajstić information content (AvgIpc) is 3.56. The van der Waals surface area contributed by atoms with E-state index in [0.29, 0.717) is 17.3 Å². The number of carbonyl (C=O) groups is 1. The predicted octanol–water partition coefficient (Wildman–Crippen LogP) is 4.60. The molecule has 0 amide bonds. The number of rotatable bonds is 5. The third kappa shape index (κ3) is 3.27. The van der Waals surface area contributed by atoms with Crippen molar-refractivity contribution >= 4 is 39.3 Å². The van der Waals surface area contributed by atoms with E-state index in [9.17, 15) is 9.90 Å². The lowest BCUT2D eigenvalue weighted by molar-refractivity contribution is 0.0697. The van der Waals surface area contributed by atoms with Crippen LogP contribution in [0.1, 0.15) is 29.0 Å². The first-order chi connectivity index (χ1) is 14.1. The van der Waals surface area contributed by atoms with Crippen molar-refractivity contribution in [3.63, 3.8) is 0 Å². The molecule has 1 saturated carbocycles. The normalized spacial score (nSPS) is 13.7. The van der Waals surface area contributed by atoms with Gasteiger partial charge in [-0.05, 0) is 43.0 Å². The highest BCUT2D eigenvalue weighted by molar-refractivity contribution is 6.10. The van der Waals surface area contributed by atoms with Crippen LogP contribution in [0.3, 0.4) is 0 Å². The number of aromatic nitrogens is 3. The van der Waals surface area contributed by atoms with Crippen LogP contribution in [-0.4, -0.2) is 33.1 Å². The van der Waals surface area contributed by atoms with Gasteiger partial charge in [-0.1, -0.05) is 24.3 Å². The molecule has 144 valence electrons. The molecule has 0 atom stereocenters. The molecule has 6 heteroatoms. The van der Waals surface area contributed by atoms with Crippen molar-refractivity contribution < 1.29 is 9.90 Å². The van der Waals surface area contributed by atoms with Crippen molar-refractivity contribution in [2.24, 2.45) is 5.92 Å². The molecular formula is C23H20N4O2. The van der Waals surface area contributed by atoms with E-state index in [2.05, 4.69) is 4.98 Å². The molecule has 5 rings (SSSR count). The number of nitrogens with zero attached hydrogens (tertiary/aromatic N) is 4. The zero-order chi connectivity index (χ0) is 20.0. The minimum absolute atomic E-state index is 0.212. The van der Waals surface area contributed by atoms with Gasteiger partial charge in [0.2, 0.25) is 0 Å².